The third kappa shape index (κ3) is 3.76. The molecule has 1 N–H and O–H groups in total. The van der Waals surface area contributed by atoms with Crippen LogP contribution in [0.5, 0.6) is 0 Å². The molecule has 0 saturated carbocycles. The lowest BCUT2D eigenvalue weighted by Gasteiger charge is -2.20. The van der Waals surface area contributed by atoms with Gasteiger partial charge in [0.2, 0.25) is 0 Å². The van der Waals surface area contributed by atoms with Gasteiger partial charge in [-0.25, -0.2) is 4.98 Å². The van der Waals surface area contributed by atoms with Gasteiger partial charge in [-0.15, -0.1) is 0 Å². The van der Waals surface area contributed by atoms with Crippen molar-refractivity contribution < 1.29 is 9.32 Å². The van der Waals surface area contributed by atoms with Crippen molar-refractivity contribution in [1.29, 1.82) is 0 Å². The first kappa shape index (κ1) is 15.7. The van der Waals surface area contributed by atoms with E-state index >= 15 is 0 Å². The minimum Gasteiger partial charge on any atom is -0.361 e. The van der Waals surface area contributed by atoms with Crippen molar-refractivity contribution in [2.75, 3.05) is 26.2 Å². The van der Waals surface area contributed by atoms with Gasteiger partial charge in [0.05, 0.1) is 6.54 Å². The molecule has 23 heavy (non-hydrogen) atoms. The second-order valence-corrected chi connectivity index (χ2v) is 5.80. The molecule has 3 heterocycles. The molecule has 0 atom stereocenters. The third-order valence-electron chi connectivity index (χ3n) is 3.99. The summed E-state index contributed by atoms with van der Waals surface area (Å²) in [7, 11) is 0. The fraction of sp³-hybridized carbons (Fsp3) is 0.600. The van der Waals surface area contributed by atoms with Gasteiger partial charge in [0, 0.05) is 38.7 Å². The Morgan fingerprint density at radius 2 is 2.22 bits per heavy atom. The Hall–Kier alpha value is -2.22. The van der Waals surface area contributed by atoms with Crippen molar-refractivity contribution >= 4 is 5.91 Å². The molecule has 3 rings (SSSR count). The average Bonchev–Trinajstić information content (AvgIpc) is 3.11. The van der Waals surface area contributed by atoms with Crippen molar-refractivity contribution in [1.82, 2.24) is 30.1 Å². The van der Waals surface area contributed by atoms with E-state index in [1.54, 1.807) is 13.0 Å². The number of aryl methyl sites for hydroxylation is 2. The van der Waals surface area contributed by atoms with E-state index in [4.69, 9.17) is 4.52 Å². The third-order valence-corrected chi connectivity index (χ3v) is 3.99. The zero-order valence-electron chi connectivity index (χ0n) is 13.6. The van der Waals surface area contributed by atoms with E-state index in [-0.39, 0.29) is 5.91 Å². The van der Waals surface area contributed by atoms with Crippen molar-refractivity contribution in [3.8, 4) is 0 Å². The fourth-order valence-electron chi connectivity index (χ4n) is 2.74. The van der Waals surface area contributed by atoms with E-state index in [9.17, 15) is 4.79 Å². The zero-order valence-corrected chi connectivity index (χ0v) is 13.6. The number of aromatic nitrogens is 4. The molecule has 0 unspecified atom stereocenters. The SMILES string of the molecule is CCc1n[nH]c(CN2CCCN(C(=O)c3cc(C)on3)CC2)n1. The molecule has 0 aromatic carbocycles. The van der Waals surface area contributed by atoms with Crippen molar-refractivity contribution in [3.05, 3.63) is 29.2 Å². The van der Waals surface area contributed by atoms with E-state index in [0.29, 0.717) is 18.0 Å². The molecule has 0 aliphatic carbocycles. The zero-order chi connectivity index (χ0) is 16.2. The van der Waals surface area contributed by atoms with Crippen molar-refractivity contribution in [2.45, 2.75) is 33.2 Å². The summed E-state index contributed by atoms with van der Waals surface area (Å²) < 4.78 is 4.99. The number of amides is 1. The Kier molecular flexibility index (Phi) is 4.71. The minimum atomic E-state index is -0.0587. The number of carbonyl (C=O) groups is 1. The Morgan fingerprint density at radius 3 is 2.91 bits per heavy atom. The van der Waals surface area contributed by atoms with Gasteiger partial charge >= 0.3 is 0 Å². The number of H-pyrrole nitrogens is 1. The Labute approximate surface area is 134 Å². The molecular formula is C15H22N6O2. The Balaban J connectivity index is 1.57. The Bertz CT molecular complexity index is 664. The summed E-state index contributed by atoms with van der Waals surface area (Å²) >= 11 is 0. The van der Waals surface area contributed by atoms with Crippen LogP contribution in [0.3, 0.4) is 0 Å². The Morgan fingerprint density at radius 1 is 1.35 bits per heavy atom. The first-order valence-electron chi connectivity index (χ1n) is 8.01. The number of nitrogens with zero attached hydrogens (tertiary/aromatic N) is 5. The maximum atomic E-state index is 12.4. The maximum absolute atomic E-state index is 12.4. The van der Waals surface area contributed by atoms with Crippen LogP contribution in [0.15, 0.2) is 10.6 Å². The van der Waals surface area contributed by atoms with Crippen LogP contribution in [-0.2, 0) is 13.0 Å². The predicted molar refractivity (Wildman–Crippen MR) is 82.8 cm³/mol. The molecule has 1 saturated heterocycles. The van der Waals surface area contributed by atoms with E-state index < -0.39 is 0 Å². The summed E-state index contributed by atoms with van der Waals surface area (Å²) in [5.74, 6) is 2.32. The summed E-state index contributed by atoms with van der Waals surface area (Å²) in [5.41, 5.74) is 0.388. The van der Waals surface area contributed by atoms with Crippen LogP contribution >= 0.6 is 0 Å². The molecule has 8 nitrogen and oxygen atoms in total. The highest BCUT2D eigenvalue weighted by molar-refractivity contribution is 5.92. The molecule has 124 valence electrons. The lowest BCUT2D eigenvalue weighted by molar-refractivity contribution is 0.0750. The molecule has 2 aromatic rings. The quantitative estimate of drug-likeness (QED) is 0.905. The number of carbonyl (C=O) groups excluding carboxylic acids is 1. The van der Waals surface area contributed by atoms with Crippen LogP contribution < -0.4 is 0 Å². The highest BCUT2D eigenvalue weighted by atomic mass is 16.5. The van der Waals surface area contributed by atoms with E-state index in [1.807, 2.05) is 11.8 Å². The number of hydrogen-bond donors (Lipinski definition) is 1. The van der Waals surface area contributed by atoms with Crippen LogP contribution in [0.4, 0.5) is 0 Å². The molecule has 1 aliphatic rings. The fourth-order valence-corrected chi connectivity index (χ4v) is 2.74. The molecule has 0 bridgehead atoms. The monoisotopic (exact) mass is 318 g/mol. The first-order valence-corrected chi connectivity index (χ1v) is 8.01. The summed E-state index contributed by atoms with van der Waals surface area (Å²) in [6.45, 7) is 7.72. The normalized spacial score (nSPS) is 16.5. The topological polar surface area (TPSA) is 91.2 Å². The number of rotatable bonds is 4. The molecule has 1 amide bonds. The lowest BCUT2D eigenvalue weighted by atomic mass is 10.3. The standard InChI is InChI=1S/C15H22N6O2/c1-3-13-16-14(18-17-13)10-20-5-4-6-21(8-7-20)15(22)12-9-11(2)23-19-12/h9H,3-8,10H2,1-2H3,(H,16,17,18). The van der Waals surface area contributed by atoms with Gasteiger partial charge in [-0.2, -0.15) is 5.10 Å². The lowest BCUT2D eigenvalue weighted by Crippen LogP contribution is -2.35. The van der Waals surface area contributed by atoms with Crippen LogP contribution in [-0.4, -0.2) is 62.2 Å². The smallest absolute Gasteiger partial charge is 0.276 e. The van der Waals surface area contributed by atoms with Crippen LogP contribution in [0, 0.1) is 6.92 Å². The summed E-state index contributed by atoms with van der Waals surface area (Å²) in [6, 6.07) is 1.69. The molecule has 0 radical (unpaired) electrons. The van der Waals surface area contributed by atoms with Gasteiger partial charge in [-0.1, -0.05) is 12.1 Å². The van der Waals surface area contributed by atoms with Crippen LogP contribution in [0.2, 0.25) is 0 Å². The van der Waals surface area contributed by atoms with Gasteiger partial charge < -0.3 is 9.42 Å². The summed E-state index contributed by atoms with van der Waals surface area (Å²) in [4.78, 5) is 21.0. The van der Waals surface area contributed by atoms with Crippen molar-refractivity contribution in [2.24, 2.45) is 0 Å². The van der Waals surface area contributed by atoms with Crippen molar-refractivity contribution in [3.63, 3.8) is 0 Å². The largest absolute Gasteiger partial charge is 0.361 e. The predicted octanol–water partition coefficient (Wildman–Crippen LogP) is 1.01. The first-order chi connectivity index (χ1) is 11.2. The van der Waals surface area contributed by atoms with E-state index in [1.165, 1.54) is 0 Å². The minimum absolute atomic E-state index is 0.0587. The molecule has 0 spiro atoms. The second-order valence-electron chi connectivity index (χ2n) is 5.80. The molecule has 2 aromatic heterocycles. The summed E-state index contributed by atoms with van der Waals surface area (Å²) in [6.07, 6.45) is 1.76. The molecular weight excluding hydrogens is 296 g/mol. The average molecular weight is 318 g/mol. The van der Waals surface area contributed by atoms with E-state index in [0.717, 1.165) is 50.7 Å². The molecule has 1 fully saturated rings. The van der Waals surface area contributed by atoms with E-state index in [2.05, 4.69) is 25.2 Å². The highest BCUT2D eigenvalue weighted by Gasteiger charge is 2.23. The molecule has 8 heteroatoms. The number of aromatic amines is 1. The number of nitrogens with one attached hydrogen (secondary N) is 1. The van der Waals surface area contributed by atoms with Gasteiger partial charge in [-0.3, -0.25) is 14.8 Å². The number of hydrogen-bond acceptors (Lipinski definition) is 6. The molecule has 1 aliphatic heterocycles. The highest BCUT2D eigenvalue weighted by Crippen LogP contribution is 2.11. The van der Waals surface area contributed by atoms with Crippen LogP contribution in [0.25, 0.3) is 0 Å². The van der Waals surface area contributed by atoms with Gasteiger partial charge in [-0.05, 0) is 13.3 Å². The van der Waals surface area contributed by atoms with Crippen LogP contribution in [0.1, 0.15) is 41.2 Å². The van der Waals surface area contributed by atoms with Gasteiger partial charge in [0.1, 0.15) is 17.4 Å². The van der Waals surface area contributed by atoms with Gasteiger partial charge in [0.15, 0.2) is 5.69 Å². The maximum Gasteiger partial charge on any atom is 0.276 e. The second kappa shape index (κ2) is 6.91. The summed E-state index contributed by atoms with van der Waals surface area (Å²) in [5, 5.41) is 11.0. The van der Waals surface area contributed by atoms with Gasteiger partial charge in [0.25, 0.3) is 5.91 Å².